The minimum atomic E-state index is -0.204. The van der Waals surface area contributed by atoms with E-state index < -0.39 is 0 Å². The van der Waals surface area contributed by atoms with E-state index >= 15 is 0 Å². The van der Waals surface area contributed by atoms with Crippen LogP contribution >= 0.6 is 0 Å². The standard InChI is InChI=1S/C11H16FN.C11H17N.C10H14FN.C10H15N.C9H19N/c1-11(2,3)13(4)10-7-5-6-9(12)8-10;1-11(2,3)12(4)10-8-6-5-7-9-10;1-10(2,3)12-9-6-4-5-8(11)7-9;1-10(2,3)11-9-7-5-4-6-8-9;1-9(2,3)10-7-5-4-6-8-10/h5-8H,1-4H3;5-9H,1-4H3;4-7,12H,1-3H3;4-8,11H,1-3H3;4-8H2,1-3H3. The summed E-state index contributed by atoms with van der Waals surface area (Å²) >= 11 is 0. The van der Waals surface area contributed by atoms with Crippen LogP contribution in [0.2, 0.25) is 0 Å². The molecule has 5 nitrogen and oxygen atoms in total. The Morgan fingerprint density at radius 2 is 0.828 bits per heavy atom. The summed E-state index contributed by atoms with van der Waals surface area (Å²) in [6.07, 6.45) is 4.24. The molecule has 4 aromatic carbocycles. The minimum absolute atomic E-state index is 0.0200. The van der Waals surface area contributed by atoms with Crippen molar-refractivity contribution in [3.05, 3.63) is 121 Å². The summed E-state index contributed by atoms with van der Waals surface area (Å²) in [4.78, 5) is 6.90. The van der Waals surface area contributed by atoms with Gasteiger partial charge in [-0.25, -0.2) is 8.78 Å². The molecule has 1 fully saturated rings. The Labute approximate surface area is 354 Å². The monoisotopic (exact) mass is 802 g/mol. The van der Waals surface area contributed by atoms with Crippen molar-refractivity contribution in [3.63, 3.8) is 0 Å². The fraction of sp³-hybridized carbons (Fsp3) is 0.529. The van der Waals surface area contributed by atoms with Crippen molar-refractivity contribution in [2.45, 2.75) is 151 Å². The lowest BCUT2D eigenvalue weighted by atomic mass is 10.0. The molecule has 0 radical (unpaired) electrons. The molecule has 5 rings (SSSR count). The number of nitrogens with one attached hydrogen (secondary N) is 2. The molecule has 0 aliphatic carbocycles. The number of para-hydroxylation sites is 2. The molecule has 0 spiro atoms. The first-order valence-electron chi connectivity index (χ1n) is 21.0. The van der Waals surface area contributed by atoms with Gasteiger partial charge in [-0.05, 0) is 190 Å². The zero-order chi connectivity index (χ0) is 44.4. The van der Waals surface area contributed by atoms with Crippen LogP contribution in [-0.4, -0.2) is 59.8 Å². The van der Waals surface area contributed by atoms with Gasteiger partial charge in [0.25, 0.3) is 0 Å². The normalized spacial score (nSPS) is 13.4. The Morgan fingerprint density at radius 1 is 0.448 bits per heavy atom. The SMILES string of the molecule is CC(C)(C)N1CCCCC1.CC(C)(C)Nc1cccc(F)c1.CC(C)(C)Nc1ccccc1.CN(c1cccc(F)c1)C(C)(C)C.CN(c1ccccc1)C(C)(C)C. The minimum Gasteiger partial charge on any atom is -0.380 e. The molecule has 324 valence electrons. The van der Waals surface area contributed by atoms with Crippen molar-refractivity contribution in [3.8, 4) is 0 Å². The molecule has 1 aliphatic heterocycles. The van der Waals surface area contributed by atoms with Gasteiger partial charge in [-0.1, -0.05) is 55.0 Å². The number of rotatable bonds is 4. The lowest BCUT2D eigenvalue weighted by molar-refractivity contribution is 0.111. The molecule has 1 aliphatic rings. The highest BCUT2D eigenvalue weighted by atomic mass is 19.1. The number of nitrogens with zero attached hydrogens (tertiary/aromatic N) is 3. The maximum absolute atomic E-state index is 12.9. The maximum Gasteiger partial charge on any atom is 0.125 e. The van der Waals surface area contributed by atoms with Crippen LogP contribution in [0.4, 0.5) is 31.5 Å². The van der Waals surface area contributed by atoms with Crippen LogP contribution in [0.1, 0.15) is 123 Å². The predicted octanol–water partition coefficient (Wildman–Crippen LogP) is 14.2. The van der Waals surface area contributed by atoms with Crippen LogP contribution in [0, 0.1) is 11.6 Å². The first kappa shape index (κ1) is 51.9. The number of hydrogen-bond donors (Lipinski definition) is 2. The molecule has 0 amide bonds. The van der Waals surface area contributed by atoms with Gasteiger partial charge in [-0.2, -0.15) is 0 Å². The molecule has 0 bridgehead atoms. The Morgan fingerprint density at radius 3 is 1.22 bits per heavy atom. The number of benzene rings is 4. The largest absolute Gasteiger partial charge is 0.380 e. The average molecular weight is 802 g/mol. The first-order chi connectivity index (χ1) is 26.6. The number of anilines is 4. The van der Waals surface area contributed by atoms with Gasteiger partial charge in [-0.15, -0.1) is 0 Å². The van der Waals surface area contributed by atoms with E-state index in [2.05, 4.69) is 152 Å². The summed E-state index contributed by atoms with van der Waals surface area (Å²) in [5, 5.41) is 6.56. The summed E-state index contributed by atoms with van der Waals surface area (Å²) in [7, 11) is 4.09. The topological polar surface area (TPSA) is 33.8 Å². The lowest BCUT2D eigenvalue weighted by Gasteiger charge is -2.38. The highest BCUT2D eigenvalue weighted by Gasteiger charge is 2.22. The number of likely N-dealkylation sites (tertiary alicyclic amines) is 1. The quantitative estimate of drug-likeness (QED) is 0.215. The van der Waals surface area contributed by atoms with Crippen LogP contribution < -0.4 is 20.4 Å². The van der Waals surface area contributed by atoms with E-state index in [4.69, 9.17) is 0 Å². The van der Waals surface area contributed by atoms with Crippen LogP contribution in [0.15, 0.2) is 109 Å². The predicted molar refractivity (Wildman–Crippen MR) is 254 cm³/mol. The number of piperidine rings is 1. The smallest absolute Gasteiger partial charge is 0.125 e. The van der Waals surface area contributed by atoms with E-state index in [-0.39, 0.29) is 33.8 Å². The second kappa shape index (κ2) is 23.5. The van der Waals surface area contributed by atoms with Gasteiger partial charge in [0, 0.05) is 64.5 Å². The second-order valence-corrected chi connectivity index (χ2v) is 20.1. The van der Waals surface area contributed by atoms with Crippen LogP contribution in [0.25, 0.3) is 0 Å². The molecular formula is C51H81F2N5. The Bertz CT molecular complexity index is 1670. The third-order valence-electron chi connectivity index (χ3n) is 9.29. The van der Waals surface area contributed by atoms with E-state index in [1.807, 2.05) is 64.2 Å². The van der Waals surface area contributed by atoms with E-state index in [9.17, 15) is 8.78 Å². The number of halogens is 2. The Hall–Kier alpha value is -4.10. The van der Waals surface area contributed by atoms with Gasteiger partial charge < -0.3 is 20.4 Å². The van der Waals surface area contributed by atoms with Gasteiger partial charge in [0.05, 0.1) is 0 Å². The fourth-order valence-corrected chi connectivity index (χ4v) is 5.63. The van der Waals surface area contributed by atoms with Crippen molar-refractivity contribution >= 4 is 22.7 Å². The molecule has 2 N–H and O–H groups in total. The summed E-state index contributed by atoms with van der Waals surface area (Å²) in [6.45, 7) is 35.0. The third-order valence-corrected chi connectivity index (χ3v) is 9.29. The van der Waals surface area contributed by atoms with Crippen LogP contribution in [-0.2, 0) is 0 Å². The van der Waals surface area contributed by atoms with Crippen LogP contribution in [0.3, 0.4) is 0 Å². The third kappa shape index (κ3) is 23.3. The number of hydrogen-bond acceptors (Lipinski definition) is 5. The van der Waals surface area contributed by atoms with Crippen molar-refractivity contribution in [1.82, 2.24) is 4.90 Å². The molecule has 0 atom stereocenters. The van der Waals surface area contributed by atoms with Gasteiger partial charge in [0.15, 0.2) is 0 Å². The van der Waals surface area contributed by atoms with E-state index in [0.29, 0.717) is 5.54 Å². The van der Waals surface area contributed by atoms with Gasteiger partial charge in [0.2, 0.25) is 0 Å². The molecular weight excluding hydrogens is 721 g/mol. The Balaban J connectivity index is 0.000000363. The average Bonchev–Trinajstić information content (AvgIpc) is 3.11. The maximum atomic E-state index is 12.9. The zero-order valence-electron chi connectivity index (χ0n) is 39.5. The zero-order valence-corrected chi connectivity index (χ0v) is 39.5. The molecule has 58 heavy (non-hydrogen) atoms. The summed E-state index contributed by atoms with van der Waals surface area (Å²) in [5.41, 5.74) is 4.94. The molecule has 4 aromatic rings. The van der Waals surface area contributed by atoms with Crippen molar-refractivity contribution < 1.29 is 8.78 Å². The van der Waals surface area contributed by atoms with E-state index in [1.165, 1.54) is 61.9 Å². The molecule has 0 unspecified atom stereocenters. The summed E-state index contributed by atoms with van der Waals surface area (Å²) in [5.74, 6) is -0.391. The lowest BCUT2D eigenvalue weighted by Crippen LogP contribution is -2.44. The first-order valence-corrected chi connectivity index (χ1v) is 21.0. The highest BCUT2D eigenvalue weighted by Crippen LogP contribution is 2.23. The molecule has 1 saturated heterocycles. The molecule has 1 heterocycles. The summed E-state index contributed by atoms with van der Waals surface area (Å²) in [6, 6.07) is 33.8. The summed E-state index contributed by atoms with van der Waals surface area (Å²) < 4.78 is 25.6. The van der Waals surface area contributed by atoms with Gasteiger partial charge in [-0.3, -0.25) is 4.90 Å². The van der Waals surface area contributed by atoms with Crippen molar-refractivity contribution in [1.29, 1.82) is 0 Å². The van der Waals surface area contributed by atoms with Gasteiger partial charge in [0.1, 0.15) is 11.6 Å². The molecule has 7 heteroatoms. The van der Waals surface area contributed by atoms with E-state index in [0.717, 1.165) is 11.4 Å². The van der Waals surface area contributed by atoms with Crippen molar-refractivity contribution in [2.75, 3.05) is 47.6 Å². The van der Waals surface area contributed by atoms with Gasteiger partial charge >= 0.3 is 0 Å². The highest BCUT2D eigenvalue weighted by molar-refractivity contribution is 5.49. The van der Waals surface area contributed by atoms with E-state index in [1.54, 1.807) is 18.2 Å². The fourth-order valence-electron chi connectivity index (χ4n) is 5.63. The second-order valence-electron chi connectivity index (χ2n) is 20.1. The molecule has 0 saturated carbocycles. The van der Waals surface area contributed by atoms with Crippen LogP contribution in [0.5, 0.6) is 0 Å². The Kier molecular flexibility index (Phi) is 21.0. The molecule has 0 aromatic heterocycles. The van der Waals surface area contributed by atoms with Crippen molar-refractivity contribution in [2.24, 2.45) is 0 Å².